The molecule has 4 nitrogen and oxygen atoms in total. The van der Waals surface area contributed by atoms with Crippen LogP contribution in [0.5, 0.6) is 11.5 Å². The fraction of sp³-hybridized carbons (Fsp3) is 0.269. The fourth-order valence-electron chi connectivity index (χ4n) is 4.91. The first-order valence-electron chi connectivity index (χ1n) is 10.9. The van der Waals surface area contributed by atoms with E-state index in [-0.39, 0.29) is 35.7 Å². The van der Waals surface area contributed by atoms with Crippen LogP contribution in [0.1, 0.15) is 35.3 Å². The van der Waals surface area contributed by atoms with E-state index >= 15 is 0 Å². The van der Waals surface area contributed by atoms with Gasteiger partial charge in [0, 0.05) is 41.8 Å². The first kappa shape index (κ1) is 21.9. The minimum atomic E-state index is -0.343. The van der Waals surface area contributed by atoms with Crippen LogP contribution in [0.2, 0.25) is 5.02 Å². The highest BCUT2D eigenvalue weighted by Crippen LogP contribution is 2.39. The SMILES string of the molecule is CC(c1ccc(F)cc1Cl)N1CC2CC1CN2C(=O)c1ccc(Oc2ccc(F)cc2)cc1. The topological polar surface area (TPSA) is 32.8 Å². The molecule has 7 heteroatoms. The van der Waals surface area contributed by atoms with E-state index < -0.39 is 0 Å². The normalized spacial score (nSPS) is 20.8. The zero-order valence-electron chi connectivity index (χ0n) is 18.0. The van der Waals surface area contributed by atoms with Gasteiger partial charge in [-0.2, -0.15) is 0 Å². The van der Waals surface area contributed by atoms with Gasteiger partial charge >= 0.3 is 0 Å². The van der Waals surface area contributed by atoms with E-state index in [1.165, 1.54) is 24.3 Å². The summed E-state index contributed by atoms with van der Waals surface area (Å²) < 4.78 is 32.2. The fourth-order valence-corrected chi connectivity index (χ4v) is 5.24. The van der Waals surface area contributed by atoms with Crippen LogP contribution in [0.15, 0.2) is 66.7 Å². The summed E-state index contributed by atoms with van der Waals surface area (Å²) in [7, 11) is 0. The maximum Gasteiger partial charge on any atom is 0.254 e. The van der Waals surface area contributed by atoms with Gasteiger partial charge < -0.3 is 9.64 Å². The van der Waals surface area contributed by atoms with Crippen molar-refractivity contribution in [2.75, 3.05) is 13.1 Å². The van der Waals surface area contributed by atoms with Crippen molar-refractivity contribution in [2.24, 2.45) is 0 Å². The number of ether oxygens (including phenoxy) is 1. The molecule has 33 heavy (non-hydrogen) atoms. The Morgan fingerprint density at radius 3 is 2.18 bits per heavy atom. The van der Waals surface area contributed by atoms with Gasteiger partial charge in [-0.05, 0) is 79.6 Å². The average Bonchev–Trinajstić information content (AvgIpc) is 3.41. The Morgan fingerprint density at radius 2 is 1.58 bits per heavy atom. The number of likely N-dealkylation sites (tertiary alicyclic amines) is 2. The minimum absolute atomic E-state index is 0.00273. The Labute approximate surface area is 196 Å². The van der Waals surface area contributed by atoms with Gasteiger partial charge in [0.1, 0.15) is 23.1 Å². The lowest BCUT2D eigenvalue weighted by Gasteiger charge is -2.38. The number of piperazine rings is 1. The van der Waals surface area contributed by atoms with Crippen LogP contribution >= 0.6 is 11.6 Å². The third kappa shape index (κ3) is 4.33. The molecule has 2 fully saturated rings. The van der Waals surface area contributed by atoms with E-state index in [0.717, 1.165) is 18.5 Å². The zero-order chi connectivity index (χ0) is 23.1. The lowest BCUT2D eigenvalue weighted by atomic mass is 10.1. The number of carbonyl (C=O) groups is 1. The van der Waals surface area contributed by atoms with Crippen molar-refractivity contribution < 1.29 is 18.3 Å². The van der Waals surface area contributed by atoms with Crippen molar-refractivity contribution >= 4 is 17.5 Å². The van der Waals surface area contributed by atoms with E-state index in [1.807, 2.05) is 4.90 Å². The molecule has 2 bridgehead atoms. The molecule has 170 valence electrons. The van der Waals surface area contributed by atoms with Gasteiger partial charge in [-0.15, -0.1) is 0 Å². The molecule has 0 N–H and O–H groups in total. The monoisotopic (exact) mass is 468 g/mol. The second-order valence-electron chi connectivity index (χ2n) is 8.62. The number of carbonyl (C=O) groups excluding carboxylic acids is 1. The van der Waals surface area contributed by atoms with Gasteiger partial charge in [0.15, 0.2) is 0 Å². The molecule has 0 aliphatic carbocycles. The predicted octanol–water partition coefficient (Wildman–Crippen LogP) is 6.07. The number of halogens is 3. The molecule has 5 rings (SSSR count). The first-order chi connectivity index (χ1) is 15.9. The van der Waals surface area contributed by atoms with Crippen molar-refractivity contribution in [1.82, 2.24) is 9.80 Å². The number of benzene rings is 3. The molecule has 3 aromatic rings. The second-order valence-corrected chi connectivity index (χ2v) is 9.03. The lowest BCUT2D eigenvalue weighted by molar-refractivity contribution is 0.0569. The number of fused-ring (bicyclic) bond motifs is 2. The summed E-state index contributed by atoms with van der Waals surface area (Å²) >= 11 is 6.28. The highest BCUT2D eigenvalue weighted by Gasteiger charge is 2.47. The van der Waals surface area contributed by atoms with E-state index in [9.17, 15) is 13.6 Å². The molecule has 0 saturated carbocycles. The van der Waals surface area contributed by atoms with Crippen LogP contribution in [-0.4, -0.2) is 40.9 Å². The molecule has 0 radical (unpaired) electrons. The first-order valence-corrected chi connectivity index (χ1v) is 11.3. The van der Waals surface area contributed by atoms with Crippen LogP contribution in [0.25, 0.3) is 0 Å². The Bertz CT molecular complexity index is 1170. The Hall–Kier alpha value is -2.96. The second kappa shape index (κ2) is 8.76. The molecule has 0 spiro atoms. The number of rotatable bonds is 5. The molecule has 1 amide bonds. The van der Waals surface area contributed by atoms with Crippen molar-refractivity contribution in [3.8, 4) is 11.5 Å². The molecule has 2 heterocycles. The van der Waals surface area contributed by atoms with Crippen LogP contribution in [0.4, 0.5) is 8.78 Å². The number of hydrogen-bond acceptors (Lipinski definition) is 3. The van der Waals surface area contributed by atoms with E-state index in [2.05, 4.69) is 11.8 Å². The predicted molar refractivity (Wildman–Crippen MR) is 123 cm³/mol. The van der Waals surface area contributed by atoms with E-state index in [4.69, 9.17) is 16.3 Å². The summed E-state index contributed by atoms with van der Waals surface area (Å²) in [6, 6.07) is 17.8. The summed E-state index contributed by atoms with van der Waals surface area (Å²) in [6.45, 7) is 3.49. The number of hydrogen-bond donors (Lipinski definition) is 0. The highest BCUT2D eigenvalue weighted by molar-refractivity contribution is 6.31. The van der Waals surface area contributed by atoms with Crippen LogP contribution in [0, 0.1) is 11.6 Å². The molecule has 0 aromatic heterocycles. The van der Waals surface area contributed by atoms with Gasteiger partial charge in [0.05, 0.1) is 0 Å². The lowest BCUT2D eigenvalue weighted by Crippen LogP contribution is -2.49. The Morgan fingerprint density at radius 1 is 0.939 bits per heavy atom. The standard InChI is InChI=1S/C26H23ClF2N2O2/c1-16(24-11-6-19(29)12-25(24)27)30-14-21-13-20(30)15-31(21)26(32)17-2-7-22(8-3-17)33-23-9-4-18(28)5-10-23/h2-12,16,20-21H,13-15H2,1H3. The molecule has 3 unspecified atom stereocenters. The molecule has 2 aliphatic heterocycles. The molecule has 2 saturated heterocycles. The third-order valence-electron chi connectivity index (χ3n) is 6.60. The maximum atomic E-state index is 13.4. The largest absolute Gasteiger partial charge is 0.457 e. The van der Waals surface area contributed by atoms with Crippen LogP contribution in [-0.2, 0) is 0 Å². The molecule has 2 aliphatic rings. The summed E-state index contributed by atoms with van der Waals surface area (Å²) in [5, 5.41) is 0.432. The van der Waals surface area contributed by atoms with Gasteiger partial charge in [-0.3, -0.25) is 9.69 Å². The molecule has 3 aromatic carbocycles. The van der Waals surface area contributed by atoms with Gasteiger partial charge in [0.25, 0.3) is 5.91 Å². The van der Waals surface area contributed by atoms with Crippen LogP contribution in [0.3, 0.4) is 0 Å². The van der Waals surface area contributed by atoms with Gasteiger partial charge in [-0.25, -0.2) is 8.78 Å². The number of nitrogens with zero attached hydrogens (tertiary/aromatic N) is 2. The number of amides is 1. The smallest absolute Gasteiger partial charge is 0.254 e. The average molecular weight is 469 g/mol. The zero-order valence-corrected chi connectivity index (χ0v) is 18.8. The third-order valence-corrected chi connectivity index (χ3v) is 6.93. The van der Waals surface area contributed by atoms with Gasteiger partial charge in [0.2, 0.25) is 0 Å². The van der Waals surface area contributed by atoms with Gasteiger partial charge in [-0.1, -0.05) is 17.7 Å². The van der Waals surface area contributed by atoms with Crippen molar-refractivity contribution in [3.05, 3.63) is 94.5 Å². The minimum Gasteiger partial charge on any atom is -0.457 e. The quantitative estimate of drug-likeness (QED) is 0.455. The molecule has 3 atom stereocenters. The molecular formula is C26H23ClF2N2O2. The molecular weight excluding hydrogens is 446 g/mol. The van der Waals surface area contributed by atoms with Crippen LogP contribution < -0.4 is 4.74 Å². The van der Waals surface area contributed by atoms with E-state index in [0.29, 0.717) is 28.6 Å². The van der Waals surface area contributed by atoms with E-state index in [1.54, 1.807) is 42.5 Å². The highest BCUT2D eigenvalue weighted by atomic mass is 35.5. The summed E-state index contributed by atoms with van der Waals surface area (Å²) in [4.78, 5) is 17.4. The Balaban J connectivity index is 1.23. The van der Waals surface area contributed by atoms with Crippen molar-refractivity contribution in [3.63, 3.8) is 0 Å². The summed E-state index contributed by atoms with van der Waals surface area (Å²) in [5.41, 5.74) is 1.51. The maximum absolute atomic E-state index is 13.4. The Kier molecular flexibility index (Phi) is 5.81. The van der Waals surface area contributed by atoms with Crippen molar-refractivity contribution in [1.29, 1.82) is 0 Å². The summed E-state index contributed by atoms with van der Waals surface area (Å²) in [5.74, 6) is 0.449. The van der Waals surface area contributed by atoms with Crippen molar-refractivity contribution in [2.45, 2.75) is 31.5 Å². The summed E-state index contributed by atoms with van der Waals surface area (Å²) in [6.07, 6.45) is 0.917.